The number of aliphatic carboxylic acids is 2. The molecule has 0 saturated carbocycles. The van der Waals surface area contributed by atoms with Crippen LogP contribution in [0, 0.1) is 11.8 Å². The summed E-state index contributed by atoms with van der Waals surface area (Å²) >= 11 is 4.30. The van der Waals surface area contributed by atoms with Crippen LogP contribution in [0.15, 0.2) is 60.8 Å². The van der Waals surface area contributed by atoms with Gasteiger partial charge in [-0.25, -0.2) is 4.79 Å². The van der Waals surface area contributed by atoms with E-state index in [2.05, 4.69) is 28.2 Å². The molecule has 3 rings (SSSR count). The number of hydrogen-bond acceptors (Lipinski definition) is 7. The first-order valence-corrected chi connectivity index (χ1v) is 12.8. The van der Waals surface area contributed by atoms with Crippen LogP contribution in [0.1, 0.15) is 11.1 Å². The molecule has 2 aromatic carbocycles. The van der Waals surface area contributed by atoms with Crippen LogP contribution in [0.3, 0.4) is 0 Å². The van der Waals surface area contributed by atoms with Crippen molar-refractivity contribution in [3.63, 3.8) is 0 Å². The Labute approximate surface area is 234 Å². The zero-order valence-electron chi connectivity index (χ0n) is 21.2. The number of aromatic nitrogens is 1. The van der Waals surface area contributed by atoms with Crippen molar-refractivity contribution in [3.05, 3.63) is 71.9 Å². The van der Waals surface area contributed by atoms with E-state index in [4.69, 9.17) is 5.73 Å². The summed E-state index contributed by atoms with van der Waals surface area (Å²) in [6, 6.07) is 12.3. The van der Waals surface area contributed by atoms with Crippen LogP contribution in [-0.4, -0.2) is 73.9 Å². The predicted molar refractivity (Wildman–Crippen MR) is 147 cm³/mol. The number of aliphatic hydroxyl groups is 1. The molecule has 0 aliphatic carbocycles. The number of aliphatic hydroxyl groups excluding tert-OH is 1. The summed E-state index contributed by atoms with van der Waals surface area (Å²) in [5.41, 5.74) is 7.51. The van der Waals surface area contributed by atoms with Crippen LogP contribution in [-0.2, 0) is 36.8 Å². The molecule has 13 heteroatoms. The van der Waals surface area contributed by atoms with Gasteiger partial charge >= 0.3 is 11.9 Å². The summed E-state index contributed by atoms with van der Waals surface area (Å²) in [5.74, 6) is -9.73. The molecule has 3 amide bonds. The van der Waals surface area contributed by atoms with Gasteiger partial charge in [0, 0.05) is 17.1 Å². The molecule has 3 aromatic rings. The Morgan fingerprint density at radius 1 is 0.875 bits per heavy atom. The Balaban J connectivity index is 1.97. The first kappa shape index (κ1) is 30.2. The SMILES string of the molecule is NC(=O)C(NC(=O)C(S)Cc1ccccc1)C(C(=O)O)C(Cc1c[nH]c2ccccc12)C(=O)NC(CO)C(=O)O. The Hall–Kier alpha value is -4.36. The highest BCUT2D eigenvalue weighted by molar-refractivity contribution is 7.81. The van der Waals surface area contributed by atoms with Crippen LogP contribution < -0.4 is 16.4 Å². The van der Waals surface area contributed by atoms with Gasteiger partial charge in [-0.3, -0.25) is 19.2 Å². The fourth-order valence-electron chi connectivity index (χ4n) is 4.45. The van der Waals surface area contributed by atoms with Gasteiger partial charge in [-0.05, 0) is 30.0 Å². The minimum Gasteiger partial charge on any atom is -0.481 e. The van der Waals surface area contributed by atoms with Crippen molar-refractivity contribution < 1.29 is 39.3 Å². The van der Waals surface area contributed by atoms with E-state index in [1.54, 1.807) is 60.8 Å². The Morgan fingerprint density at radius 2 is 1.52 bits per heavy atom. The van der Waals surface area contributed by atoms with Crippen LogP contribution in [0.5, 0.6) is 0 Å². The number of para-hydroxylation sites is 1. The molecule has 0 aliphatic rings. The molecule has 5 atom stereocenters. The van der Waals surface area contributed by atoms with Crippen molar-refractivity contribution in [2.45, 2.75) is 30.2 Å². The van der Waals surface area contributed by atoms with Gasteiger partial charge in [-0.1, -0.05) is 48.5 Å². The maximum Gasteiger partial charge on any atom is 0.328 e. The van der Waals surface area contributed by atoms with Crippen molar-refractivity contribution in [3.8, 4) is 0 Å². The number of carboxylic acid groups (broad SMARTS) is 2. The second-order valence-electron chi connectivity index (χ2n) is 9.21. The zero-order valence-corrected chi connectivity index (χ0v) is 22.1. The van der Waals surface area contributed by atoms with E-state index in [1.165, 1.54) is 0 Å². The normalized spacial score (nSPS) is 14.8. The fourth-order valence-corrected chi connectivity index (χ4v) is 4.73. The summed E-state index contributed by atoms with van der Waals surface area (Å²) in [6.07, 6.45) is 1.46. The Kier molecular flexibility index (Phi) is 10.3. The number of nitrogens with one attached hydrogen (secondary N) is 3. The third kappa shape index (κ3) is 7.39. The van der Waals surface area contributed by atoms with Crippen LogP contribution in [0.4, 0.5) is 0 Å². The highest BCUT2D eigenvalue weighted by Crippen LogP contribution is 2.27. The summed E-state index contributed by atoms with van der Waals surface area (Å²) in [4.78, 5) is 65.9. The number of aromatic amines is 1. The van der Waals surface area contributed by atoms with Gasteiger partial charge in [0.1, 0.15) is 12.1 Å². The van der Waals surface area contributed by atoms with Gasteiger partial charge in [-0.15, -0.1) is 0 Å². The summed E-state index contributed by atoms with van der Waals surface area (Å²) < 4.78 is 0. The number of fused-ring (bicyclic) bond motifs is 1. The maximum atomic E-state index is 13.4. The second-order valence-corrected chi connectivity index (χ2v) is 9.83. The third-order valence-corrected chi connectivity index (χ3v) is 6.92. The molecule has 5 unspecified atom stereocenters. The first-order chi connectivity index (χ1) is 19.0. The molecule has 0 saturated heterocycles. The molecule has 8 N–H and O–H groups in total. The number of primary amides is 1. The molecule has 0 fully saturated rings. The monoisotopic (exact) mass is 570 g/mol. The summed E-state index contributed by atoms with van der Waals surface area (Å²) in [6.45, 7) is -0.963. The molecule has 212 valence electrons. The average molecular weight is 571 g/mol. The van der Waals surface area contributed by atoms with Gasteiger partial charge in [0.15, 0.2) is 0 Å². The topological polar surface area (TPSA) is 212 Å². The van der Waals surface area contributed by atoms with Gasteiger partial charge in [0.05, 0.1) is 23.7 Å². The van der Waals surface area contributed by atoms with Crippen LogP contribution in [0.2, 0.25) is 0 Å². The number of thiol groups is 1. The summed E-state index contributed by atoms with van der Waals surface area (Å²) in [5, 5.41) is 33.1. The van der Waals surface area contributed by atoms with Crippen molar-refractivity contribution in [2.75, 3.05) is 6.61 Å². The van der Waals surface area contributed by atoms with Gasteiger partial charge in [0.2, 0.25) is 17.7 Å². The molecule has 0 spiro atoms. The highest BCUT2D eigenvalue weighted by Gasteiger charge is 2.44. The number of hydrogen-bond donors (Lipinski definition) is 8. The molecule has 0 radical (unpaired) electrons. The third-order valence-electron chi connectivity index (χ3n) is 6.51. The average Bonchev–Trinajstić information content (AvgIpc) is 3.33. The number of nitrogens with two attached hydrogens (primary N) is 1. The van der Waals surface area contributed by atoms with E-state index in [1.807, 2.05) is 0 Å². The van der Waals surface area contributed by atoms with E-state index in [0.29, 0.717) is 16.5 Å². The lowest BCUT2D eigenvalue weighted by Crippen LogP contribution is -2.58. The molecule has 0 bridgehead atoms. The lowest BCUT2D eigenvalue weighted by atomic mass is 9.80. The fraction of sp³-hybridized carbons (Fsp3) is 0.296. The molecule has 40 heavy (non-hydrogen) atoms. The summed E-state index contributed by atoms with van der Waals surface area (Å²) in [7, 11) is 0. The molecule has 1 aromatic heterocycles. The van der Waals surface area contributed by atoms with E-state index in [0.717, 1.165) is 5.56 Å². The highest BCUT2D eigenvalue weighted by atomic mass is 32.1. The number of carboxylic acids is 2. The Bertz CT molecular complexity index is 1380. The van der Waals surface area contributed by atoms with Gasteiger partial charge < -0.3 is 36.7 Å². The zero-order chi connectivity index (χ0) is 29.4. The molecular formula is C27H30N4O8S. The lowest BCUT2D eigenvalue weighted by Gasteiger charge is -2.30. The largest absolute Gasteiger partial charge is 0.481 e. The quantitative estimate of drug-likeness (QED) is 0.124. The van der Waals surface area contributed by atoms with Crippen molar-refractivity contribution in [1.29, 1.82) is 0 Å². The van der Waals surface area contributed by atoms with Crippen LogP contribution in [0.25, 0.3) is 10.9 Å². The Morgan fingerprint density at radius 3 is 2.12 bits per heavy atom. The minimum atomic E-state index is -1.90. The number of rotatable bonds is 14. The molecule has 0 aliphatic heterocycles. The number of H-pyrrole nitrogens is 1. The van der Waals surface area contributed by atoms with Crippen molar-refractivity contribution in [1.82, 2.24) is 15.6 Å². The standard InChI is InChI=1S/C27H30N4O8S/c28-23(33)22(31-25(35)20(40)10-14-6-2-1-3-7-14)21(27(38)39)17(24(34)30-19(13-32)26(36)37)11-15-12-29-18-9-5-4-8-16(15)18/h1-9,12,17,19-22,29,32,40H,10-11,13H2,(H2,28,33)(H,30,34)(H,31,35)(H,36,37)(H,38,39). The smallest absolute Gasteiger partial charge is 0.328 e. The number of amides is 3. The van der Waals surface area contributed by atoms with Crippen molar-refractivity contribution in [2.24, 2.45) is 17.6 Å². The lowest BCUT2D eigenvalue weighted by molar-refractivity contribution is -0.152. The minimum absolute atomic E-state index is 0.162. The maximum absolute atomic E-state index is 13.4. The van der Waals surface area contributed by atoms with Gasteiger partial charge in [-0.2, -0.15) is 12.6 Å². The van der Waals surface area contributed by atoms with E-state index < -0.39 is 65.4 Å². The van der Waals surface area contributed by atoms with Crippen LogP contribution >= 0.6 is 12.6 Å². The van der Waals surface area contributed by atoms with E-state index >= 15 is 0 Å². The molecular weight excluding hydrogens is 540 g/mol. The first-order valence-electron chi connectivity index (χ1n) is 12.3. The van der Waals surface area contributed by atoms with E-state index in [-0.39, 0.29) is 12.8 Å². The van der Waals surface area contributed by atoms with Crippen molar-refractivity contribution >= 4 is 53.2 Å². The molecule has 12 nitrogen and oxygen atoms in total. The number of carbonyl (C=O) groups excluding carboxylic acids is 3. The number of carbonyl (C=O) groups is 5. The van der Waals surface area contributed by atoms with Gasteiger partial charge in [0.25, 0.3) is 0 Å². The predicted octanol–water partition coefficient (Wildman–Crippen LogP) is 0.100. The van der Waals surface area contributed by atoms with E-state index in [9.17, 15) is 39.3 Å². The number of benzene rings is 2. The molecule has 1 heterocycles. The second kappa shape index (κ2) is 13.6.